The molecule has 0 amide bonds. The molecule has 6 heteroatoms. The van der Waals surface area contributed by atoms with Gasteiger partial charge in [0.05, 0.1) is 16.8 Å². The summed E-state index contributed by atoms with van der Waals surface area (Å²) in [4.78, 5) is 0. The lowest BCUT2D eigenvalue weighted by molar-refractivity contribution is -0.137. The van der Waals surface area contributed by atoms with E-state index in [-0.39, 0.29) is 0 Å². The number of halogens is 3. The normalized spacial score (nSPS) is 12.9. The maximum atomic E-state index is 12.7. The van der Waals surface area contributed by atoms with Crippen LogP contribution in [0.5, 0.6) is 0 Å². The van der Waals surface area contributed by atoms with Gasteiger partial charge in [0.15, 0.2) is 0 Å². The van der Waals surface area contributed by atoms with E-state index in [9.17, 15) is 18.3 Å². The Morgan fingerprint density at radius 1 is 0.923 bits per heavy atom. The summed E-state index contributed by atoms with van der Waals surface area (Å²) < 4.78 is 43.8. The van der Waals surface area contributed by atoms with Crippen LogP contribution in [0.15, 0.2) is 48.5 Å². The number of hydrogen-bond acceptors (Lipinski definition) is 2. The third-order valence-electron chi connectivity index (χ3n) is 4.68. The molecule has 0 fully saturated rings. The van der Waals surface area contributed by atoms with E-state index >= 15 is 0 Å². The first kappa shape index (κ1) is 20.5. The highest BCUT2D eigenvalue weighted by atomic mass is 19.4. The van der Waals surface area contributed by atoms with Gasteiger partial charge in [0.1, 0.15) is 0 Å². The molecule has 0 aliphatic carbocycles. The van der Waals surface area contributed by atoms with Gasteiger partial charge in [-0.05, 0) is 62.8 Å². The number of aliphatic hydroxyl groups is 1. The van der Waals surface area contributed by atoms with Gasteiger partial charge in [-0.2, -0.15) is 13.2 Å². The van der Waals surface area contributed by atoms with Crippen molar-refractivity contribution < 1.29 is 22.9 Å². The highest BCUT2D eigenvalue weighted by Gasteiger charge is 2.36. The van der Waals surface area contributed by atoms with E-state index in [0.29, 0.717) is 6.42 Å². The number of benzene rings is 2. The van der Waals surface area contributed by atoms with Gasteiger partial charge < -0.3 is 9.76 Å². The molecule has 2 aromatic carbocycles. The first-order valence-electron chi connectivity index (χ1n) is 8.37. The van der Waals surface area contributed by atoms with Crippen molar-refractivity contribution in [3.8, 4) is 0 Å². The highest BCUT2D eigenvalue weighted by molar-refractivity contribution is 6.47. The van der Waals surface area contributed by atoms with Gasteiger partial charge in [-0.1, -0.05) is 36.4 Å². The Morgan fingerprint density at radius 3 is 2.04 bits per heavy atom. The zero-order valence-corrected chi connectivity index (χ0v) is 15.4. The summed E-state index contributed by atoms with van der Waals surface area (Å²) in [5, 5.41) is 10.2. The quantitative estimate of drug-likeness (QED) is 0.783. The van der Waals surface area contributed by atoms with E-state index < -0.39 is 22.9 Å². The third-order valence-corrected chi connectivity index (χ3v) is 4.68. The first-order valence-corrected chi connectivity index (χ1v) is 8.37. The van der Waals surface area contributed by atoms with Crippen molar-refractivity contribution in [2.75, 3.05) is 0 Å². The molecule has 0 unspecified atom stereocenters. The molecule has 1 radical (unpaired) electrons. The van der Waals surface area contributed by atoms with Crippen LogP contribution in [0.2, 0.25) is 0 Å². The third kappa shape index (κ3) is 5.11. The molecule has 2 nitrogen and oxygen atoms in total. The SMILES string of the molecule is CC(C)(O)C(C)(C)O[B]c1ccccc1Cc1ccc(C(F)(F)F)cc1. The Balaban J connectivity index is 2.14. The Hall–Kier alpha value is -1.79. The Bertz CT molecular complexity index is 732. The van der Waals surface area contributed by atoms with E-state index in [1.807, 2.05) is 24.3 Å². The number of hydrogen-bond donors (Lipinski definition) is 1. The molecular formula is C20H23BF3O2. The van der Waals surface area contributed by atoms with Gasteiger partial charge in [-0.15, -0.1) is 0 Å². The largest absolute Gasteiger partial charge is 0.427 e. The van der Waals surface area contributed by atoms with Crippen molar-refractivity contribution in [2.45, 2.75) is 51.5 Å². The average Bonchev–Trinajstić information content (AvgIpc) is 2.53. The van der Waals surface area contributed by atoms with Crippen molar-refractivity contribution in [2.24, 2.45) is 0 Å². The zero-order valence-electron chi connectivity index (χ0n) is 15.4. The van der Waals surface area contributed by atoms with Crippen molar-refractivity contribution in [3.63, 3.8) is 0 Å². The van der Waals surface area contributed by atoms with Crippen LogP contribution in [-0.4, -0.2) is 23.8 Å². The Kier molecular flexibility index (Phi) is 5.88. The van der Waals surface area contributed by atoms with Crippen molar-refractivity contribution >= 4 is 12.9 Å². The minimum absolute atomic E-state index is 0.483. The van der Waals surface area contributed by atoms with E-state index in [4.69, 9.17) is 4.65 Å². The molecule has 0 saturated heterocycles. The van der Waals surface area contributed by atoms with E-state index in [0.717, 1.165) is 28.7 Å². The van der Waals surface area contributed by atoms with Crippen LogP contribution in [0, 0.1) is 0 Å². The fourth-order valence-electron chi connectivity index (χ4n) is 2.20. The van der Waals surface area contributed by atoms with Gasteiger partial charge >= 0.3 is 13.7 Å². The van der Waals surface area contributed by atoms with Gasteiger partial charge in [-0.3, -0.25) is 0 Å². The molecule has 26 heavy (non-hydrogen) atoms. The van der Waals surface area contributed by atoms with E-state index in [2.05, 4.69) is 0 Å². The summed E-state index contributed by atoms with van der Waals surface area (Å²) in [6, 6.07) is 12.7. The van der Waals surface area contributed by atoms with E-state index in [1.165, 1.54) is 12.1 Å². The van der Waals surface area contributed by atoms with Crippen molar-refractivity contribution in [1.29, 1.82) is 0 Å². The standard InChI is InChI=1S/C20H23BF3O2/c1-18(2,25)19(3,4)26-21-17-8-6-5-7-15(17)13-14-9-11-16(12-10-14)20(22,23)24/h5-12,25H,13H2,1-4H3. The maximum absolute atomic E-state index is 12.7. The second kappa shape index (κ2) is 7.45. The lowest BCUT2D eigenvalue weighted by atomic mass is 9.79. The van der Waals surface area contributed by atoms with Gasteiger partial charge in [0.2, 0.25) is 0 Å². The van der Waals surface area contributed by atoms with Crippen molar-refractivity contribution in [1.82, 2.24) is 0 Å². The molecule has 1 N–H and O–H groups in total. The smallest absolute Gasteiger partial charge is 0.416 e. The molecule has 0 aliphatic heterocycles. The number of alkyl halides is 3. The Labute approximate surface area is 153 Å². The summed E-state index contributed by atoms with van der Waals surface area (Å²) >= 11 is 0. The van der Waals surface area contributed by atoms with Crippen LogP contribution in [0.4, 0.5) is 13.2 Å². The Morgan fingerprint density at radius 2 is 1.50 bits per heavy atom. The summed E-state index contributed by atoms with van der Waals surface area (Å²) in [5.74, 6) is 0. The summed E-state index contributed by atoms with van der Waals surface area (Å²) in [7, 11) is 1.59. The van der Waals surface area contributed by atoms with Crippen LogP contribution in [0.25, 0.3) is 0 Å². The van der Waals surface area contributed by atoms with E-state index in [1.54, 1.807) is 35.2 Å². The van der Waals surface area contributed by atoms with Crippen LogP contribution in [0.3, 0.4) is 0 Å². The lowest BCUT2D eigenvalue weighted by Crippen LogP contribution is -2.49. The van der Waals surface area contributed by atoms with Crippen molar-refractivity contribution in [3.05, 3.63) is 65.2 Å². The molecule has 0 atom stereocenters. The van der Waals surface area contributed by atoms with Crippen LogP contribution >= 0.6 is 0 Å². The fraction of sp³-hybridized carbons (Fsp3) is 0.400. The van der Waals surface area contributed by atoms with Gasteiger partial charge in [0, 0.05) is 0 Å². The van der Waals surface area contributed by atoms with Crippen LogP contribution < -0.4 is 5.46 Å². The second-order valence-electron chi connectivity index (χ2n) is 7.38. The zero-order chi connectivity index (χ0) is 19.6. The van der Waals surface area contributed by atoms with Gasteiger partial charge in [-0.25, -0.2) is 0 Å². The molecular weight excluding hydrogens is 340 g/mol. The summed E-state index contributed by atoms with van der Waals surface area (Å²) in [6.07, 6.45) is -3.85. The molecule has 0 bridgehead atoms. The second-order valence-corrected chi connectivity index (χ2v) is 7.38. The maximum Gasteiger partial charge on any atom is 0.416 e. The summed E-state index contributed by atoms with van der Waals surface area (Å²) in [5.41, 5.74) is 0.0424. The molecule has 0 heterocycles. The van der Waals surface area contributed by atoms with Crippen LogP contribution in [0.1, 0.15) is 44.4 Å². The molecule has 0 saturated carbocycles. The predicted octanol–water partition coefficient (Wildman–Crippen LogP) is 4.11. The minimum Gasteiger partial charge on any atom is -0.427 e. The molecule has 0 aromatic heterocycles. The molecule has 2 rings (SSSR count). The minimum atomic E-state index is -4.33. The van der Waals surface area contributed by atoms with Gasteiger partial charge in [0.25, 0.3) is 0 Å². The molecule has 139 valence electrons. The average molecular weight is 363 g/mol. The summed E-state index contributed by atoms with van der Waals surface area (Å²) in [6.45, 7) is 6.94. The van der Waals surface area contributed by atoms with Crippen LogP contribution in [-0.2, 0) is 17.3 Å². The highest BCUT2D eigenvalue weighted by Crippen LogP contribution is 2.29. The molecule has 0 aliphatic rings. The molecule has 0 spiro atoms. The monoisotopic (exact) mass is 363 g/mol. The fourth-order valence-corrected chi connectivity index (χ4v) is 2.20. The topological polar surface area (TPSA) is 29.5 Å². The first-order chi connectivity index (χ1) is 11.9. The molecule has 2 aromatic rings. The lowest BCUT2D eigenvalue weighted by Gasteiger charge is -2.37. The predicted molar refractivity (Wildman–Crippen MR) is 97.5 cm³/mol. The number of rotatable bonds is 6.